The van der Waals surface area contributed by atoms with Crippen molar-refractivity contribution in [2.75, 3.05) is 12.3 Å². The quantitative estimate of drug-likeness (QED) is 0.690. The minimum absolute atomic E-state index is 0.316. The summed E-state index contributed by atoms with van der Waals surface area (Å²) in [6.45, 7) is 2.08. The van der Waals surface area contributed by atoms with Gasteiger partial charge in [-0.05, 0) is 31.2 Å². The molecule has 0 saturated carbocycles. The predicted octanol–water partition coefficient (Wildman–Crippen LogP) is 3.65. The third-order valence-corrected chi connectivity index (χ3v) is 3.78. The van der Waals surface area contributed by atoms with E-state index < -0.39 is 5.97 Å². The maximum Gasteiger partial charge on any atom is 0.339 e. The highest BCUT2D eigenvalue weighted by atomic mass is 35.5. The number of halogens is 1. The molecule has 0 unspecified atom stereocenters. The molecule has 2 rings (SSSR count). The molecule has 0 fully saturated rings. The van der Waals surface area contributed by atoms with Crippen molar-refractivity contribution in [1.82, 2.24) is 4.98 Å². The fraction of sp³-hybridized carbons (Fsp3) is 0.143. The molecule has 2 N–H and O–H groups in total. The van der Waals surface area contributed by atoms with Crippen molar-refractivity contribution in [2.24, 2.45) is 0 Å². The summed E-state index contributed by atoms with van der Waals surface area (Å²) < 4.78 is 5.03. The van der Waals surface area contributed by atoms with Gasteiger partial charge in [-0.1, -0.05) is 29.4 Å². The zero-order valence-corrected chi connectivity index (χ0v) is 12.4. The molecule has 1 aromatic carbocycles. The van der Waals surface area contributed by atoms with E-state index in [-0.39, 0.29) is 0 Å². The molecular formula is C14H13ClN2O2S. The maximum atomic E-state index is 11.9. The largest absolute Gasteiger partial charge is 0.462 e. The average Bonchev–Trinajstić information content (AvgIpc) is 2.43. The van der Waals surface area contributed by atoms with Gasteiger partial charge in [-0.15, -0.1) is 0 Å². The Labute approximate surface area is 126 Å². The highest BCUT2D eigenvalue weighted by molar-refractivity contribution is 7.99. The topological polar surface area (TPSA) is 65.2 Å². The van der Waals surface area contributed by atoms with Crippen molar-refractivity contribution < 1.29 is 9.53 Å². The van der Waals surface area contributed by atoms with Gasteiger partial charge in [-0.2, -0.15) is 0 Å². The van der Waals surface area contributed by atoms with Crippen molar-refractivity contribution in [3.63, 3.8) is 0 Å². The number of nitrogens with zero attached hydrogens (tertiary/aromatic N) is 1. The van der Waals surface area contributed by atoms with Crippen molar-refractivity contribution in [3.8, 4) is 0 Å². The summed E-state index contributed by atoms with van der Waals surface area (Å²) in [4.78, 5) is 16.8. The number of esters is 1. The predicted molar refractivity (Wildman–Crippen MR) is 80.2 cm³/mol. The lowest BCUT2D eigenvalue weighted by atomic mass is 10.2. The SMILES string of the molecule is CCOC(=O)c1cccc(N)c1Sc1ccc(Cl)cn1. The molecule has 1 aromatic heterocycles. The van der Waals surface area contributed by atoms with Crippen LogP contribution in [0.15, 0.2) is 46.5 Å². The third kappa shape index (κ3) is 3.43. The summed E-state index contributed by atoms with van der Waals surface area (Å²) in [6.07, 6.45) is 1.55. The number of pyridine rings is 1. The minimum atomic E-state index is -0.392. The molecular weight excluding hydrogens is 296 g/mol. The first kappa shape index (κ1) is 14.7. The summed E-state index contributed by atoms with van der Waals surface area (Å²) in [6, 6.07) is 8.66. The molecule has 0 aliphatic carbocycles. The highest BCUT2D eigenvalue weighted by Gasteiger charge is 2.16. The number of hydrogen-bond acceptors (Lipinski definition) is 5. The van der Waals surface area contributed by atoms with Crippen LogP contribution in [0.4, 0.5) is 5.69 Å². The number of aromatic nitrogens is 1. The number of rotatable bonds is 4. The average molecular weight is 309 g/mol. The van der Waals surface area contributed by atoms with E-state index in [1.54, 1.807) is 43.5 Å². The number of anilines is 1. The normalized spacial score (nSPS) is 10.3. The number of carbonyl (C=O) groups is 1. The Hall–Kier alpha value is -1.72. The van der Waals surface area contributed by atoms with Gasteiger partial charge in [0.25, 0.3) is 0 Å². The van der Waals surface area contributed by atoms with Gasteiger partial charge in [0.15, 0.2) is 0 Å². The van der Waals surface area contributed by atoms with E-state index in [0.29, 0.717) is 32.8 Å². The molecule has 0 spiro atoms. The summed E-state index contributed by atoms with van der Waals surface area (Å²) >= 11 is 7.11. The van der Waals surface area contributed by atoms with Gasteiger partial charge in [0.2, 0.25) is 0 Å². The molecule has 1 heterocycles. The molecule has 0 bridgehead atoms. The Morgan fingerprint density at radius 3 is 2.85 bits per heavy atom. The zero-order valence-electron chi connectivity index (χ0n) is 10.8. The highest BCUT2D eigenvalue weighted by Crippen LogP contribution is 2.34. The van der Waals surface area contributed by atoms with Crippen LogP contribution in [-0.4, -0.2) is 17.6 Å². The van der Waals surface area contributed by atoms with Crippen LogP contribution in [0.25, 0.3) is 0 Å². The molecule has 2 aromatic rings. The van der Waals surface area contributed by atoms with Crippen molar-refractivity contribution in [1.29, 1.82) is 0 Å². The van der Waals surface area contributed by atoms with E-state index >= 15 is 0 Å². The van der Waals surface area contributed by atoms with Crippen LogP contribution in [0, 0.1) is 0 Å². The first-order chi connectivity index (χ1) is 9.61. The van der Waals surface area contributed by atoms with Crippen LogP contribution in [0.5, 0.6) is 0 Å². The lowest BCUT2D eigenvalue weighted by molar-refractivity contribution is 0.0522. The Morgan fingerprint density at radius 2 is 2.20 bits per heavy atom. The molecule has 0 saturated heterocycles. The number of carbonyl (C=O) groups excluding carboxylic acids is 1. The Balaban J connectivity index is 2.34. The molecule has 0 aliphatic heterocycles. The lowest BCUT2D eigenvalue weighted by Crippen LogP contribution is -2.07. The molecule has 4 nitrogen and oxygen atoms in total. The van der Waals surface area contributed by atoms with E-state index in [9.17, 15) is 4.79 Å². The molecule has 6 heteroatoms. The molecule has 0 atom stereocenters. The van der Waals surface area contributed by atoms with Gasteiger partial charge in [0.05, 0.1) is 22.1 Å². The van der Waals surface area contributed by atoms with E-state index in [1.165, 1.54) is 11.8 Å². The number of hydrogen-bond donors (Lipinski definition) is 1. The number of ether oxygens (including phenoxy) is 1. The van der Waals surface area contributed by atoms with Crippen molar-refractivity contribution >= 4 is 35.0 Å². The van der Waals surface area contributed by atoms with Crippen LogP contribution in [-0.2, 0) is 4.74 Å². The Morgan fingerprint density at radius 1 is 1.40 bits per heavy atom. The smallest absolute Gasteiger partial charge is 0.339 e. The first-order valence-electron chi connectivity index (χ1n) is 5.97. The molecule has 104 valence electrons. The number of nitrogen functional groups attached to an aromatic ring is 1. The molecule has 0 amide bonds. The standard InChI is InChI=1S/C14H13ClN2O2S/c1-2-19-14(18)10-4-3-5-11(16)13(10)20-12-7-6-9(15)8-17-12/h3-8H,2,16H2,1H3. The van der Waals surface area contributed by atoms with Gasteiger partial charge in [-0.25, -0.2) is 9.78 Å². The maximum absolute atomic E-state index is 11.9. The molecule has 0 aliphatic rings. The second-order valence-corrected chi connectivity index (χ2v) is 5.33. The second-order valence-electron chi connectivity index (χ2n) is 3.86. The first-order valence-corrected chi connectivity index (χ1v) is 7.16. The van der Waals surface area contributed by atoms with E-state index in [0.717, 1.165) is 0 Å². The van der Waals surface area contributed by atoms with Crippen molar-refractivity contribution in [3.05, 3.63) is 47.1 Å². The van der Waals surface area contributed by atoms with Crippen LogP contribution in [0.3, 0.4) is 0 Å². The number of nitrogens with two attached hydrogens (primary N) is 1. The van der Waals surface area contributed by atoms with Gasteiger partial charge in [-0.3, -0.25) is 0 Å². The lowest BCUT2D eigenvalue weighted by Gasteiger charge is -2.10. The Bertz CT molecular complexity index is 617. The van der Waals surface area contributed by atoms with Crippen LogP contribution < -0.4 is 5.73 Å². The van der Waals surface area contributed by atoms with Gasteiger partial charge >= 0.3 is 5.97 Å². The van der Waals surface area contributed by atoms with Crippen LogP contribution in [0.1, 0.15) is 17.3 Å². The summed E-state index contributed by atoms with van der Waals surface area (Å²) in [5, 5.41) is 1.26. The molecule has 20 heavy (non-hydrogen) atoms. The van der Waals surface area contributed by atoms with E-state index in [2.05, 4.69) is 4.98 Å². The van der Waals surface area contributed by atoms with E-state index in [1.807, 2.05) is 0 Å². The Kier molecular flexibility index (Phi) is 4.87. The third-order valence-electron chi connectivity index (χ3n) is 2.45. The minimum Gasteiger partial charge on any atom is -0.462 e. The van der Waals surface area contributed by atoms with E-state index in [4.69, 9.17) is 22.1 Å². The molecule has 0 radical (unpaired) electrons. The summed E-state index contributed by atoms with van der Waals surface area (Å²) in [5.74, 6) is -0.392. The van der Waals surface area contributed by atoms with Gasteiger partial charge in [0.1, 0.15) is 5.03 Å². The monoisotopic (exact) mass is 308 g/mol. The van der Waals surface area contributed by atoms with Gasteiger partial charge in [0, 0.05) is 11.9 Å². The van der Waals surface area contributed by atoms with Gasteiger partial charge < -0.3 is 10.5 Å². The fourth-order valence-corrected chi connectivity index (χ4v) is 2.58. The zero-order chi connectivity index (χ0) is 14.5. The fourth-order valence-electron chi connectivity index (χ4n) is 1.57. The summed E-state index contributed by atoms with van der Waals surface area (Å²) in [5.41, 5.74) is 6.90. The second kappa shape index (κ2) is 6.63. The van der Waals surface area contributed by atoms with Crippen molar-refractivity contribution in [2.45, 2.75) is 16.8 Å². The number of benzene rings is 1. The van der Waals surface area contributed by atoms with Crippen LogP contribution >= 0.6 is 23.4 Å². The van der Waals surface area contributed by atoms with Crippen LogP contribution in [0.2, 0.25) is 5.02 Å². The summed E-state index contributed by atoms with van der Waals surface area (Å²) in [7, 11) is 0.